The number of ketones is 1. The number of hydrogen-bond donors (Lipinski definition) is 1. The van der Waals surface area contributed by atoms with Crippen molar-refractivity contribution in [2.75, 3.05) is 38.6 Å². The first-order chi connectivity index (χ1) is 17.0. The Morgan fingerprint density at radius 1 is 1.11 bits per heavy atom. The second kappa shape index (κ2) is 12.9. The lowest BCUT2D eigenvalue weighted by Crippen LogP contribution is -2.56. The third-order valence-corrected chi connectivity index (χ3v) is 7.04. The molecule has 1 aliphatic heterocycles. The van der Waals surface area contributed by atoms with Crippen molar-refractivity contribution in [3.63, 3.8) is 0 Å². The quantitative estimate of drug-likeness (QED) is 0.441. The number of ether oxygens (including phenoxy) is 2. The molecule has 1 saturated heterocycles. The summed E-state index contributed by atoms with van der Waals surface area (Å²) in [7, 11) is -3.88. The van der Waals surface area contributed by atoms with Crippen molar-refractivity contribution < 1.29 is 27.1 Å². The van der Waals surface area contributed by atoms with Crippen LogP contribution in [0.5, 0.6) is 5.75 Å². The van der Waals surface area contributed by atoms with E-state index in [2.05, 4.69) is 23.6 Å². The van der Waals surface area contributed by atoms with Gasteiger partial charge in [-0.3, -0.25) is 14.6 Å². The lowest BCUT2D eigenvalue weighted by molar-refractivity contribution is -0.121. The van der Waals surface area contributed by atoms with Crippen LogP contribution in [0, 0.1) is 5.82 Å². The van der Waals surface area contributed by atoms with Crippen LogP contribution in [0.3, 0.4) is 0 Å². The molecule has 0 radical (unpaired) electrons. The smallest absolute Gasteiger partial charge is 0.216 e. The molecule has 2 aromatic rings. The Bertz CT molecular complexity index is 1130. The molecule has 0 amide bonds. The number of halogens is 2. The molecule has 3 rings (SSSR count). The number of Topliss-reactive ketones (excluding diaryl/α,β-unsaturated/α-hetero) is 1. The molecule has 1 heterocycles. The third kappa shape index (κ3) is 9.10. The van der Waals surface area contributed by atoms with Gasteiger partial charge in [0, 0.05) is 48.8 Å². The van der Waals surface area contributed by atoms with Crippen molar-refractivity contribution in [1.82, 2.24) is 9.80 Å². The standard InChI is InChI=1S/C25H33ClFN3O5S/c1-18-13-30(14-20-3-6-23(27)7-4-20)19(2)12-29(18)9-10-35-25-8-5-22(26)11-21(25)15-34-16-24(31)17-36(28,32)33/h3-8,11,18-19H,9-10,12-17H2,1-2H3,(H2,28,32,33)/t18-,19+/m1/s1. The van der Waals surface area contributed by atoms with E-state index in [1.165, 1.54) is 12.1 Å². The van der Waals surface area contributed by atoms with Crippen LogP contribution in [-0.4, -0.2) is 74.7 Å². The van der Waals surface area contributed by atoms with Crippen LogP contribution in [-0.2, 0) is 32.7 Å². The van der Waals surface area contributed by atoms with E-state index in [1.807, 2.05) is 12.1 Å². The lowest BCUT2D eigenvalue weighted by Gasteiger charge is -2.44. The van der Waals surface area contributed by atoms with Crippen molar-refractivity contribution in [3.05, 3.63) is 64.4 Å². The molecular weight excluding hydrogens is 509 g/mol. The van der Waals surface area contributed by atoms with E-state index in [4.69, 9.17) is 26.2 Å². The number of sulfonamides is 1. The van der Waals surface area contributed by atoms with E-state index >= 15 is 0 Å². The van der Waals surface area contributed by atoms with E-state index in [1.54, 1.807) is 18.2 Å². The fraction of sp³-hybridized carbons (Fsp3) is 0.480. The van der Waals surface area contributed by atoms with E-state index in [9.17, 15) is 17.6 Å². The van der Waals surface area contributed by atoms with Gasteiger partial charge in [0.2, 0.25) is 10.0 Å². The maximum Gasteiger partial charge on any atom is 0.216 e. The minimum atomic E-state index is -3.88. The number of primary sulfonamides is 1. The summed E-state index contributed by atoms with van der Waals surface area (Å²) in [4.78, 5) is 16.5. The Morgan fingerprint density at radius 3 is 2.47 bits per heavy atom. The van der Waals surface area contributed by atoms with Gasteiger partial charge in [-0.1, -0.05) is 23.7 Å². The molecule has 0 aliphatic carbocycles. The Kier molecular flexibility index (Phi) is 10.2. The number of piperazine rings is 1. The molecule has 1 fully saturated rings. The number of nitrogens with two attached hydrogens (primary N) is 1. The van der Waals surface area contributed by atoms with Crippen LogP contribution in [0.1, 0.15) is 25.0 Å². The molecule has 0 aromatic heterocycles. The van der Waals surface area contributed by atoms with Gasteiger partial charge < -0.3 is 9.47 Å². The van der Waals surface area contributed by atoms with Gasteiger partial charge >= 0.3 is 0 Å². The maximum atomic E-state index is 13.2. The van der Waals surface area contributed by atoms with E-state index in [0.29, 0.717) is 35.0 Å². The van der Waals surface area contributed by atoms with E-state index in [-0.39, 0.29) is 19.0 Å². The summed E-state index contributed by atoms with van der Waals surface area (Å²) in [5.74, 6) is -1.02. The number of carbonyl (C=O) groups excluding carboxylic acids is 1. The van der Waals surface area contributed by atoms with Crippen LogP contribution in [0.15, 0.2) is 42.5 Å². The average Bonchev–Trinajstić information content (AvgIpc) is 2.78. The minimum Gasteiger partial charge on any atom is -0.492 e. The molecule has 36 heavy (non-hydrogen) atoms. The van der Waals surface area contributed by atoms with Crippen LogP contribution >= 0.6 is 11.6 Å². The number of rotatable bonds is 12. The highest BCUT2D eigenvalue weighted by Crippen LogP contribution is 2.24. The molecule has 2 aromatic carbocycles. The van der Waals surface area contributed by atoms with Crippen LogP contribution < -0.4 is 9.88 Å². The number of benzene rings is 2. The third-order valence-electron chi connectivity index (χ3n) is 6.08. The first-order valence-electron chi connectivity index (χ1n) is 11.7. The van der Waals surface area contributed by atoms with Crippen LogP contribution in [0.4, 0.5) is 4.39 Å². The van der Waals surface area contributed by atoms with E-state index in [0.717, 1.165) is 31.7 Å². The largest absolute Gasteiger partial charge is 0.492 e. The second-order valence-corrected chi connectivity index (χ2v) is 11.2. The Morgan fingerprint density at radius 2 is 1.78 bits per heavy atom. The highest BCUT2D eigenvalue weighted by Gasteiger charge is 2.28. The van der Waals surface area contributed by atoms with Crippen molar-refractivity contribution in [1.29, 1.82) is 0 Å². The summed E-state index contributed by atoms with van der Waals surface area (Å²) >= 11 is 6.11. The molecule has 2 N–H and O–H groups in total. The SMILES string of the molecule is C[C@@H]1CN(Cc2ccc(F)cc2)[C@@H](C)CN1CCOc1ccc(Cl)cc1COCC(=O)CS(N)(=O)=O. The fourth-order valence-corrected chi connectivity index (χ4v) is 4.97. The van der Waals surface area contributed by atoms with Gasteiger partial charge in [0.05, 0.1) is 6.61 Å². The Labute approximate surface area is 217 Å². The lowest BCUT2D eigenvalue weighted by atomic mass is 10.1. The fourth-order valence-electron chi connectivity index (χ4n) is 4.24. The molecule has 198 valence electrons. The summed E-state index contributed by atoms with van der Waals surface area (Å²) in [6.45, 7) is 7.78. The zero-order valence-electron chi connectivity index (χ0n) is 20.5. The maximum absolute atomic E-state index is 13.2. The normalized spacial score (nSPS) is 19.4. The molecule has 0 spiro atoms. The summed E-state index contributed by atoms with van der Waals surface area (Å²) in [6, 6.07) is 12.5. The molecule has 0 unspecified atom stereocenters. The van der Waals surface area contributed by atoms with Crippen molar-refractivity contribution >= 4 is 27.4 Å². The van der Waals surface area contributed by atoms with Crippen LogP contribution in [0.2, 0.25) is 5.02 Å². The molecule has 1 aliphatic rings. The Balaban J connectivity index is 1.49. The average molecular weight is 542 g/mol. The first kappa shape index (κ1) is 28.5. The second-order valence-electron chi connectivity index (χ2n) is 9.19. The van der Waals surface area contributed by atoms with Crippen LogP contribution in [0.25, 0.3) is 0 Å². The van der Waals surface area contributed by atoms with Gasteiger partial charge in [0.15, 0.2) is 5.78 Å². The number of nitrogens with zero attached hydrogens (tertiary/aromatic N) is 2. The monoisotopic (exact) mass is 541 g/mol. The van der Waals surface area contributed by atoms with Crippen molar-refractivity contribution in [2.45, 2.75) is 39.1 Å². The summed E-state index contributed by atoms with van der Waals surface area (Å²) in [5.41, 5.74) is 1.76. The first-order valence-corrected chi connectivity index (χ1v) is 13.8. The summed E-state index contributed by atoms with van der Waals surface area (Å²) < 4.78 is 46.6. The molecule has 0 saturated carbocycles. The van der Waals surface area contributed by atoms with Gasteiger partial charge in [0.25, 0.3) is 0 Å². The zero-order chi connectivity index (χ0) is 26.3. The highest BCUT2D eigenvalue weighted by atomic mass is 35.5. The van der Waals surface area contributed by atoms with Gasteiger partial charge in [-0.05, 0) is 49.7 Å². The van der Waals surface area contributed by atoms with Crippen molar-refractivity contribution in [2.24, 2.45) is 5.14 Å². The Hall–Kier alpha value is -2.08. The molecule has 0 bridgehead atoms. The topological polar surface area (TPSA) is 102 Å². The predicted molar refractivity (Wildman–Crippen MR) is 137 cm³/mol. The highest BCUT2D eigenvalue weighted by molar-refractivity contribution is 7.89. The molecule has 2 atom stereocenters. The predicted octanol–water partition coefficient (Wildman–Crippen LogP) is 2.83. The minimum absolute atomic E-state index is 0.0434. The number of hydrogen-bond acceptors (Lipinski definition) is 7. The molecular formula is C25H33ClFN3O5S. The van der Waals surface area contributed by atoms with Gasteiger partial charge in [-0.2, -0.15) is 0 Å². The van der Waals surface area contributed by atoms with Gasteiger partial charge in [0.1, 0.15) is 30.5 Å². The zero-order valence-corrected chi connectivity index (χ0v) is 22.1. The van der Waals surface area contributed by atoms with Crippen molar-refractivity contribution in [3.8, 4) is 5.75 Å². The van der Waals surface area contributed by atoms with E-state index < -0.39 is 21.6 Å². The number of carbonyl (C=O) groups is 1. The molecule has 11 heteroatoms. The molecule has 8 nitrogen and oxygen atoms in total. The van der Waals surface area contributed by atoms with Gasteiger partial charge in [-0.25, -0.2) is 17.9 Å². The van der Waals surface area contributed by atoms with Gasteiger partial charge in [-0.15, -0.1) is 0 Å². The summed E-state index contributed by atoms with van der Waals surface area (Å²) in [5, 5.41) is 5.38. The summed E-state index contributed by atoms with van der Waals surface area (Å²) in [6.07, 6.45) is 0.